The quantitative estimate of drug-likeness (QED) is 0.131. The van der Waals surface area contributed by atoms with Gasteiger partial charge in [0.1, 0.15) is 0 Å². The van der Waals surface area contributed by atoms with Gasteiger partial charge in [0.15, 0.2) is 0 Å². The summed E-state index contributed by atoms with van der Waals surface area (Å²) >= 11 is 0. The Morgan fingerprint density at radius 3 is 1.52 bits per heavy atom. The Balaban J connectivity index is 3.29. The molecule has 0 saturated carbocycles. The molecule has 0 amide bonds. The second-order valence-corrected chi connectivity index (χ2v) is 7.39. The number of unbranched alkanes of at least 4 members (excludes halogenated alkanes) is 15. The SMILES string of the molecule is CCCC=C(CCCCCCCCCCCCCCCCC)N=C=O. The van der Waals surface area contributed by atoms with Crippen molar-refractivity contribution in [2.24, 2.45) is 4.99 Å². The monoisotopic (exact) mass is 349 g/mol. The fraction of sp³-hybridized carbons (Fsp3) is 0.870. The van der Waals surface area contributed by atoms with Crippen molar-refractivity contribution in [3.63, 3.8) is 0 Å². The number of isocyanates is 1. The second-order valence-electron chi connectivity index (χ2n) is 7.39. The van der Waals surface area contributed by atoms with Gasteiger partial charge in [-0.15, -0.1) is 0 Å². The van der Waals surface area contributed by atoms with Gasteiger partial charge in [-0.1, -0.05) is 116 Å². The molecule has 0 aliphatic carbocycles. The summed E-state index contributed by atoms with van der Waals surface area (Å²) in [5.41, 5.74) is 0.937. The Kier molecular flexibility index (Phi) is 20.4. The van der Waals surface area contributed by atoms with E-state index in [-0.39, 0.29) is 0 Å². The van der Waals surface area contributed by atoms with Gasteiger partial charge in [-0.3, -0.25) is 0 Å². The predicted octanol–water partition coefficient (Wildman–Crippen LogP) is 8.27. The third kappa shape index (κ3) is 19.3. The predicted molar refractivity (Wildman–Crippen MR) is 111 cm³/mol. The van der Waals surface area contributed by atoms with E-state index >= 15 is 0 Å². The second kappa shape index (κ2) is 21.2. The molecule has 0 N–H and O–H groups in total. The van der Waals surface area contributed by atoms with Crippen molar-refractivity contribution in [2.75, 3.05) is 0 Å². The van der Waals surface area contributed by atoms with Crippen LogP contribution in [0, 0.1) is 0 Å². The lowest BCUT2D eigenvalue weighted by molar-refractivity contribution is 0.532. The molecule has 0 atom stereocenters. The fourth-order valence-electron chi connectivity index (χ4n) is 3.25. The lowest BCUT2D eigenvalue weighted by atomic mass is 10.0. The van der Waals surface area contributed by atoms with Crippen LogP contribution in [0.5, 0.6) is 0 Å². The van der Waals surface area contributed by atoms with Crippen LogP contribution in [-0.2, 0) is 4.79 Å². The van der Waals surface area contributed by atoms with E-state index in [9.17, 15) is 4.79 Å². The van der Waals surface area contributed by atoms with Gasteiger partial charge in [0, 0.05) is 5.70 Å². The van der Waals surface area contributed by atoms with Crippen molar-refractivity contribution in [2.45, 2.75) is 129 Å². The van der Waals surface area contributed by atoms with Gasteiger partial charge in [-0.05, 0) is 19.3 Å². The number of nitrogens with zero attached hydrogens (tertiary/aromatic N) is 1. The third-order valence-corrected chi connectivity index (χ3v) is 4.89. The van der Waals surface area contributed by atoms with E-state index in [1.165, 1.54) is 89.9 Å². The maximum atomic E-state index is 10.4. The molecule has 0 fully saturated rings. The lowest BCUT2D eigenvalue weighted by Crippen LogP contribution is -1.85. The van der Waals surface area contributed by atoms with E-state index in [0.717, 1.165) is 31.4 Å². The molecule has 0 rings (SSSR count). The van der Waals surface area contributed by atoms with E-state index in [1.54, 1.807) is 6.08 Å². The smallest absolute Gasteiger partial charge is 0.211 e. The van der Waals surface area contributed by atoms with Crippen LogP contribution in [0.15, 0.2) is 16.8 Å². The number of rotatable bonds is 19. The fourth-order valence-corrected chi connectivity index (χ4v) is 3.25. The molecule has 2 heteroatoms. The van der Waals surface area contributed by atoms with Gasteiger partial charge in [-0.2, -0.15) is 4.99 Å². The maximum Gasteiger partial charge on any atom is 0.240 e. The van der Waals surface area contributed by atoms with Gasteiger partial charge < -0.3 is 0 Å². The van der Waals surface area contributed by atoms with Crippen molar-refractivity contribution >= 4 is 6.08 Å². The van der Waals surface area contributed by atoms with Gasteiger partial charge in [0.25, 0.3) is 0 Å². The van der Waals surface area contributed by atoms with Crippen LogP contribution < -0.4 is 0 Å². The standard InChI is InChI=1S/C23H43NO/c1-3-5-7-8-9-10-11-12-13-14-15-16-17-18-19-21-23(24-22-25)20-6-4-2/h20H,3-19,21H2,1-2H3. The van der Waals surface area contributed by atoms with Crippen LogP contribution in [0.4, 0.5) is 0 Å². The van der Waals surface area contributed by atoms with Gasteiger partial charge in [0.2, 0.25) is 6.08 Å². The number of hydrogen-bond donors (Lipinski definition) is 0. The minimum atomic E-state index is 0.937. The molecule has 146 valence electrons. The molecule has 2 nitrogen and oxygen atoms in total. The number of carbonyl (C=O) groups excluding carboxylic acids is 1. The van der Waals surface area contributed by atoms with Crippen molar-refractivity contribution in [3.8, 4) is 0 Å². The largest absolute Gasteiger partial charge is 0.240 e. The Labute approximate surface area is 157 Å². The third-order valence-electron chi connectivity index (χ3n) is 4.89. The number of aliphatic imine (C=N–C) groups is 1. The molecular weight excluding hydrogens is 306 g/mol. The number of allylic oxidation sites excluding steroid dienone is 2. The van der Waals surface area contributed by atoms with Crippen LogP contribution >= 0.6 is 0 Å². The first kappa shape index (κ1) is 24.1. The highest BCUT2D eigenvalue weighted by Gasteiger charge is 1.97. The lowest BCUT2D eigenvalue weighted by Gasteiger charge is -2.04. The van der Waals surface area contributed by atoms with Gasteiger partial charge >= 0.3 is 0 Å². The highest BCUT2D eigenvalue weighted by atomic mass is 16.1. The minimum absolute atomic E-state index is 0.937. The van der Waals surface area contributed by atoms with Gasteiger partial charge in [-0.25, -0.2) is 4.79 Å². The minimum Gasteiger partial charge on any atom is -0.211 e. The van der Waals surface area contributed by atoms with E-state index in [0.29, 0.717) is 0 Å². The van der Waals surface area contributed by atoms with Crippen LogP contribution in [-0.4, -0.2) is 6.08 Å². The zero-order valence-corrected chi connectivity index (χ0v) is 17.2. The van der Waals surface area contributed by atoms with Crippen LogP contribution in [0.2, 0.25) is 0 Å². The van der Waals surface area contributed by atoms with E-state index in [2.05, 4.69) is 24.9 Å². The molecule has 0 aromatic carbocycles. The highest BCUT2D eigenvalue weighted by Crippen LogP contribution is 2.15. The summed E-state index contributed by atoms with van der Waals surface area (Å²) in [6.07, 6.45) is 27.6. The van der Waals surface area contributed by atoms with Crippen molar-refractivity contribution in [1.29, 1.82) is 0 Å². The van der Waals surface area contributed by atoms with Crippen LogP contribution in [0.1, 0.15) is 129 Å². The molecule has 0 heterocycles. The average Bonchev–Trinajstić information content (AvgIpc) is 2.62. The highest BCUT2D eigenvalue weighted by molar-refractivity contribution is 5.36. The average molecular weight is 350 g/mol. The normalized spacial score (nSPS) is 11.5. The summed E-state index contributed by atoms with van der Waals surface area (Å²) in [6, 6.07) is 0. The van der Waals surface area contributed by atoms with E-state index in [1.807, 2.05) is 0 Å². The zero-order valence-electron chi connectivity index (χ0n) is 17.2. The summed E-state index contributed by atoms with van der Waals surface area (Å²) < 4.78 is 0. The summed E-state index contributed by atoms with van der Waals surface area (Å²) in [5, 5.41) is 0. The molecule has 0 saturated heterocycles. The Morgan fingerprint density at radius 1 is 0.680 bits per heavy atom. The van der Waals surface area contributed by atoms with Gasteiger partial charge in [0.05, 0.1) is 0 Å². The number of hydrogen-bond acceptors (Lipinski definition) is 2. The molecule has 25 heavy (non-hydrogen) atoms. The van der Waals surface area contributed by atoms with E-state index < -0.39 is 0 Å². The Hall–Kier alpha value is -0.880. The molecule has 0 aromatic heterocycles. The van der Waals surface area contributed by atoms with Crippen LogP contribution in [0.3, 0.4) is 0 Å². The van der Waals surface area contributed by atoms with Crippen molar-refractivity contribution < 1.29 is 4.79 Å². The summed E-state index contributed by atoms with van der Waals surface area (Å²) in [6.45, 7) is 4.43. The molecule has 0 spiro atoms. The first-order chi connectivity index (χ1) is 12.3. The summed E-state index contributed by atoms with van der Waals surface area (Å²) in [5.74, 6) is 0. The first-order valence-electron chi connectivity index (χ1n) is 11.1. The summed E-state index contributed by atoms with van der Waals surface area (Å²) in [7, 11) is 0. The van der Waals surface area contributed by atoms with Crippen LogP contribution in [0.25, 0.3) is 0 Å². The summed E-state index contributed by atoms with van der Waals surface area (Å²) in [4.78, 5) is 14.2. The van der Waals surface area contributed by atoms with Crippen molar-refractivity contribution in [3.05, 3.63) is 11.8 Å². The molecule has 0 aliphatic heterocycles. The zero-order chi connectivity index (χ0) is 18.4. The molecule has 0 bridgehead atoms. The molecule has 0 aromatic rings. The Bertz CT molecular complexity index is 342. The van der Waals surface area contributed by atoms with E-state index in [4.69, 9.17) is 0 Å². The molecular formula is C23H43NO. The Morgan fingerprint density at radius 2 is 1.12 bits per heavy atom. The molecule has 0 unspecified atom stereocenters. The molecule has 0 radical (unpaired) electrons. The maximum absolute atomic E-state index is 10.4. The molecule has 0 aliphatic rings. The topological polar surface area (TPSA) is 29.4 Å². The van der Waals surface area contributed by atoms with Crippen molar-refractivity contribution in [1.82, 2.24) is 0 Å². The first-order valence-corrected chi connectivity index (χ1v) is 11.1.